The predicted molar refractivity (Wildman–Crippen MR) is 74.4 cm³/mol. The summed E-state index contributed by atoms with van der Waals surface area (Å²) in [6, 6.07) is 8.91. The summed E-state index contributed by atoms with van der Waals surface area (Å²) in [7, 11) is -2.07. The van der Waals surface area contributed by atoms with Crippen LogP contribution in [0.3, 0.4) is 0 Å². The van der Waals surface area contributed by atoms with Crippen LogP contribution in [0.1, 0.15) is 18.4 Å². The van der Waals surface area contributed by atoms with E-state index in [0.29, 0.717) is 0 Å². The van der Waals surface area contributed by atoms with E-state index in [9.17, 15) is 18.3 Å². The van der Waals surface area contributed by atoms with E-state index in [4.69, 9.17) is 4.74 Å². The quantitative estimate of drug-likeness (QED) is 0.856. The minimum Gasteiger partial charge on any atom is -0.481 e. The van der Waals surface area contributed by atoms with Gasteiger partial charge < -0.3 is 9.84 Å². The number of ether oxygens (including phenoxy) is 1. The van der Waals surface area contributed by atoms with Gasteiger partial charge in [-0.2, -0.15) is 0 Å². The third-order valence-electron chi connectivity index (χ3n) is 3.99. The molecule has 1 aromatic carbocycles. The van der Waals surface area contributed by atoms with Gasteiger partial charge in [0.15, 0.2) is 9.84 Å². The maximum Gasteiger partial charge on any atom is 0.314 e. The van der Waals surface area contributed by atoms with Crippen LogP contribution in [-0.4, -0.2) is 44.2 Å². The molecule has 110 valence electrons. The Morgan fingerprint density at radius 2 is 1.95 bits per heavy atom. The Hall–Kier alpha value is -1.40. The lowest BCUT2D eigenvalue weighted by atomic mass is 10.0. The van der Waals surface area contributed by atoms with Crippen LogP contribution in [-0.2, 0) is 19.4 Å². The van der Waals surface area contributed by atoms with Gasteiger partial charge in [0.05, 0.1) is 11.9 Å². The summed E-state index contributed by atoms with van der Waals surface area (Å²) in [6.07, 6.45) is 0. The second kappa shape index (κ2) is 5.18. The van der Waals surface area contributed by atoms with Gasteiger partial charge in [-0.3, -0.25) is 4.79 Å². The number of carboxylic acids is 1. The van der Waals surface area contributed by atoms with Crippen LogP contribution in [0.15, 0.2) is 30.3 Å². The highest BCUT2D eigenvalue weighted by atomic mass is 32.2. The Morgan fingerprint density at radius 3 is 2.40 bits per heavy atom. The van der Waals surface area contributed by atoms with Crippen LogP contribution in [0.25, 0.3) is 0 Å². The zero-order valence-electron chi connectivity index (χ0n) is 11.4. The van der Waals surface area contributed by atoms with Crippen molar-refractivity contribution in [2.45, 2.75) is 18.1 Å². The van der Waals surface area contributed by atoms with Gasteiger partial charge >= 0.3 is 5.97 Å². The first-order valence-electron chi connectivity index (χ1n) is 6.40. The zero-order valence-corrected chi connectivity index (χ0v) is 12.3. The summed E-state index contributed by atoms with van der Waals surface area (Å²) < 4.78 is 29.4. The smallest absolute Gasteiger partial charge is 0.314 e. The van der Waals surface area contributed by atoms with Crippen LogP contribution in [0.4, 0.5) is 0 Å². The fraction of sp³-hybridized carbons (Fsp3) is 0.500. The summed E-state index contributed by atoms with van der Waals surface area (Å²) >= 11 is 0. The molecule has 1 N–H and O–H groups in total. The highest BCUT2D eigenvalue weighted by Crippen LogP contribution is 2.63. The number of carbonyl (C=O) groups is 1. The van der Waals surface area contributed by atoms with Crippen molar-refractivity contribution < 1.29 is 23.1 Å². The molecule has 0 aromatic heterocycles. The van der Waals surface area contributed by atoms with Gasteiger partial charge in [-0.15, -0.1) is 0 Å². The minimum absolute atomic E-state index is 0.0697. The van der Waals surface area contributed by atoms with E-state index in [1.807, 2.05) is 6.07 Å². The highest BCUT2D eigenvalue weighted by Gasteiger charge is 2.75. The fourth-order valence-electron chi connectivity index (χ4n) is 2.97. The standard InChI is InChI=1S/C14H18O5S/c1-3-20(17,18)12-11(10-7-5-4-6-8-10)14(12,9-19-2)13(15)16/h4-8,11-12H,3,9H2,1-2H3,(H,15,16)/t11-,12-,14+/m0/s1. The summed E-state index contributed by atoms with van der Waals surface area (Å²) in [5, 5.41) is 8.63. The van der Waals surface area contributed by atoms with E-state index in [-0.39, 0.29) is 12.4 Å². The summed E-state index contributed by atoms with van der Waals surface area (Å²) in [4.78, 5) is 11.7. The molecule has 6 heteroatoms. The van der Waals surface area contributed by atoms with E-state index < -0.39 is 32.4 Å². The molecule has 0 aliphatic heterocycles. The van der Waals surface area contributed by atoms with Crippen LogP contribution in [0, 0.1) is 5.41 Å². The number of hydrogen-bond acceptors (Lipinski definition) is 4. The number of sulfone groups is 1. The number of hydrogen-bond donors (Lipinski definition) is 1. The lowest BCUT2D eigenvalue weighted by molar-refractivity contribution is -0.145. The average molecular weight is 298 g/mol. The molecule has 1 fully saturated rings. The number of benzene rings is 1. The molecular formula is C14H18O5S. The predicted octanol–water partition coefficient (Wildman–Crippen LogP) is 1.30. The van der Waals surface area contributed by atoms with E-state index in [1.165, 1.54) is 14.0 Å². The largest absolute Gasteiger partial charge is 0.481 e. The summed E-state index contributed by atoms with van der Waals surface area (Å²) in [6.45, 7) is 1.43. The van der Waals surface area contributed by atoms with Crippen LogP contribution >= 0.6 is 0 Å². The molecule has 0 radical (unpaired) electrons. The van der Waals surface area contributed by atoms with E-state index in [1.54, 1.807) is 24.3 Å². The monoisotopic (exact) mass is 298 g/mol. The van der Waals surface area contributed by atoms with E-state index in [2.05, 4.69) is 0 Å². The van der Waals surface area contributed by atoms with Crippen molar-refractivity contribution in [3.05, 3.63) is 35.9 Å². The molecule has 1 saturated carbocycles. The Balaban J connectivity index is 2.51. The van der Waals surface area contributed by atoms with Crippen molar-refractivity contribution in [1.29, 1.82) is 0 Å². The first-order valence-corrected chi connectivity index (χ1v) is 8.12. The molecule has 1 aliphatic carbocycles. The lowest BCUT2D eigenvalue weighted by Crippen LogP contribution is -2.29. The number of carboxylic acid groups (broad SMARTS) is 1. The van der Waals surface area contributed by atoms with Gasteiger partial charge in [-0.05, 0) is 5.56 Å². The Morgan fingerprint density at radius 1 is 1.35 bits per heavy atom. The molecule has 5 nitrogen and oxygen atoms in total. The maximum atomic E-state index is 12.2. The first-order chi connectivity index (χ1) is 9.41. The average Bonchev–Trinajstić information content (AvgIpc) is 3.11. The van der Waals surface area contributed by atoms with Crippen LogP contribution < -0.4 is 0 Å². The van der Waals surface area contributed by atoms with E-state index in [0.717, 1.165) is 5.56 Å². The third kappa shape index (κ3) is 2.13. The van der Waals surface area contributed by atoms with Crippen LogP contribution in [0.5, 0.6) is 0 Å². The van der Waals surface area contributed by atoms with Crippen molar-refractivity contribution in [2.75, 3.05) is 19.5 Å². The third-order valence-corrected chi connectivity index (χ3v) is 6.26. The molecule has 2 rings (SSSR count). The number of rotatable bonds is 6. The molecule has 0 spiro atoms. The normalized spacial score (nSPS) is 29.1. The molecule has 0 bridgehead atoms. The molecule has 1 aliphatic rings. The second-order valence-electron chi connectivity index (χ2n) is 5.04. The van der Waals surface area contributed by atoms with Gasteiger partial charge in [0, 0.05) is 18.8 Å². The van der Waals surface area contributed by atoms with Gasteiger partial charge in [-0.1, -0.05) is 37.3 Å². The Bertz CT molecular complexity index is 595. The zero-order chi connectivity index (χ0) is 15.0. The van der Waals surface area contributed by atoms with Crippen molar-refractivity contribution in [3.8, 4) is 0 Å². The number of methoxy groups -OCH3 is 1. The highest BCUT2D eigenvalue weighted by molar-refractivity contribution is 7.92. The Kier molecular flexibility index (Phi) is 3.88. The molecule has 20 heavy (non-hydrogen) atoms. The summed E-state index contributed by atoms with van der Waals surface area (Å²) in [5.74, 6) is -1.74. The Labute approximate surface area is 118 Å². The SMILES string of the molecule is CCS(=O)(=O)[C@H]1[C@H](c2ccccc2)[C@@]1(COC)C(=O)O. The summed E-state index contributed by atoms with van der Waals surface area (Å²) in [5.41, 5.74) is -0.640. The molecule has 0 saturated heterocycles. The first kappa shape index (κ1) is 15.0. The molecule has 0 unspecified atom stereocenters. The van der Waals surface area contributed by atoms with Crippen molar-refractivity contribution in [2.24, 2.45) is 5.41 Å². The molecule has 1 aromatic rings. The van der Waals surface area contributed by atoms with E-state index >= 15 is 0 Å². The van der Waals surface area contributed by atoms with Crippen molar-refractivity contribution in [1.82, 2.24) is 0 Å². The molecule has 0 amide bonds. The molecule has 3 atom stereocenters. The van der Waals surface area contributed by atoms with Crippen molar-refractivity contribution >= 4 is 15.8 Å². The second-order valence-corrected chi connectivity index (χ2v) is 7.45. The van der Waals surface area contributed by atoms with Gasteiger partial charge in [0.2, 0.25) is 0 Å². The van der Waals surface area contributed by atoms with Crippen LogP contribution in [0.2, 0.25) is 0 Å². The maximum absolute atomic E-state index is 12.2. The number of aliphatic carboxylic acids is 1. The minimum atomic E-state index is -3.46. The van der Waals surface area contributed by atoms with Gasteiger partial charge in [-0.25, -0.2) is 8.42 Å². The molecular weight excluding hydrogens is 280 g/mol. The topological polar surface area (TPSA) is 80.7 Å². The van der Waals surface area contributed by atoms with Gasteiger partial charge in [0.25, 0.3) is 0 Å². The molecule has 0 heterocycles. The fourth-order valence-corrected chi connectivity index (χ4v) is 5.02. The van der Waals surface area contributed by atoms with Crippen molar-refractivity contribution in [3.63, 3.8) is 0 Å². The van der Waals surface area contributed by atoms with Gasteiger partial charge in [0.1, 0.15) is 5.41 Å². The lowest BCUT2D eigenvalue weighted by Gasteiger charge is -2.11.